The van der Waals surface area contributed by atoms with Gasteiger partial charge in [-0.3, -0.25) is 9.59 Å². The summed E-state index contributed by atoms with van der Waals surface area (Å²) in [7, 11) is 0. The smallest absolute Gasteiger partial charge is 0.252 e. The van der Waals surface area contributed by atoms with E-state index in [9.17, 15) is 9.59 Å². The summed E-state index contributed by atoms with van der Waals surface area (Å²) in [5.41, 5.74) is 7.99. The van der Waals surface area contributed by atoms with Crippen LogP contribution < -0.4 is 11.1 Å². The molecule has 0 saturated carbocycles. The molecule has 2 aromatic carbocycles. The molecule has 1 atom stereocenters. The molecule has 2 amide bonds. The van der Waals surface area contributed by atoms with E-state index < -0.39 is 11.4 Å². The maximum atomic E-state index is 12.6. The van der Waals surface area contributed by atoms with Gasteiger partial charge < -0.3 is 16.0 Å². The number of carbonyl (C=O) groups excluding carboxylic acids is 2. The third-order valence-corrected chi connectivity index (χ3v) is 5.65. The number of benzene rings is 2. The number of hydrogen-bond acceptors (Lipinski definition) is 4. The number of rotatable bonds is 8. The van der Waals surface area contributed by atoms with E-state index >= 15 is 0 Å². The van der Waals surface area contributed by atoms with Gasteiger partial charge >= 0.3 is 0 Å². The lowest BCUT2D eigenvalue weighted by Gasteiger charge is -2.29. The van der Waals surface area contributed by atoms with Gasteiger partial charge in [-0.2, -0.15) is 0 Å². The third kappa shape index (κ3) is 5.17. The molecule has 3 aromatic rings. The number of amides is 2. The average molecular weight is 411 g/mol. The zero-order valence-corrected chi connectivity index (χ0v) is 17.7. The predicted octanol–water partition coefficient (Wildman–Crippen LogP) is 3.88. The van der Waals surface area contributed by atoms with Crippen LogP contribution in [-0.4, -0.2) is 27.3 Å². The Morgan fingerprint density at radius 2 is 1.86 bits per heavy atom. The number of aromatic amines is 1. The average Bonchev–Trinajstić information content (AvgIpc) is 3.09. The minimum atomic E-state index is -1.07. The van der Waals surface area contributed by atoms with Gasteiger partial charge in [-0.25, -0.2) is 4.98 Å². The van der Waals surface area contributed by atoms with Crippen molar-refractivity contribution in [1.82, 2.24) is 15.3 Å². The van der Waals surface area contributed by atoms with Crippen LogP contribution in [0, 0.1) is 5.92 Å². The fraction of sp³-hybridized carbons (Fsp3) is 0.318. The molecule has 1 aromatic heterocycles. The van der Waals surface area contributed by atoms with Crippen molar-refractivity contribution >= 4 is 34.6 Å². The number of para-hydroxylation sites is 2. The Balaban J connectivity index is 1.62. The van der Waals surface area contributed by atoms with Gasteiger partial charge in [0.2, 0.25) is 5.91 Å². The normalized spacial score (nSPS) is 13.4. The number of fused-ring (bicyclic) bond motifs is 1. The Hall–Kier alpha value is -2.80. The van der Waals surface area contributed by atoms with Crippen molar-refractivity contribution < 1.29 is 9.59 Å². The molecule has 1 heterocycles. The number of thioether (sulfide) groups is 1. The summed E-state index contributed by atoms with van der Waals surface area (Å²) in [4.78, 5) is 32.3. The summed E-state index contributed by atoms with van der Waals surface area (Å²) in [5, 5.41) is 3.66. The van der Waals surface area contributed by atoms with Crippen LogP contribution in [0.4, 0.5) is 0 Å². The first-order valence-corrected chi connectivity index (χ1v) is 10.5. The van der Waals surface area contributed by atoms with Crippen molar-refractivity contribution in [2.45, 2.75) is 43.6 Å². The number of nitrogens with zero attached hydrogens (tertiary/aromatic N) is 1. The summed E-state index contributed by atoms with van der Waals surface area (Å²) < 4.78 is 0. The Morgan fingerprint density at radius 1 is 1.17 bits per heavy atom. The second-order valence-corrected chi connectivity index (χ2v) is 8.76. The van der Waals surface area contributed by atoms with Gasteiger partial charge in [0.1, 0.15) is 5.54 Å². The lowest BCUT2D eigenvalue weighted by molar-refractivity contribution is -0.124. The number of aromatic nitrogens is 2. The van der Waals surface area contributed by atoms with Crippen molar-refractivity contribution in [2.75, 3.05) is 0 Å². The Labute approximate surface area is 174 Å². The fourth-order valence-corrected chi connectivity index (χ4v) is 4.10. The summed E-state index contributed by atoms with van der Waals surface area (Å²) in [5.74, 6) is 0.126. The van der Waals surface area contributed by atoms with E-state index in [4.69, 9.17) is 5.73 Å². The van der Waals surface area contributed by atoms with Crippen LogP contribution in [0.5, 0.6) is 0 Å². The van der Waals surface area contributed by atoms with Gasteiger partial charge in [0.25, 0.3) is 5.91 Å². The SMILES string of the molecule is CC(C)CC(C)(NC(=O)c1ccc(CSc2nc3ccccc3[nH]2)cc1)C(N)=O. The Kier molecular flexibility index (Phi) is 6.27. The highest BCUT2D eigenvalue weighted by Crippen LogP contribution is 2.23. The molecule has 0 bridgehead atoms. The molecule has 4 N–H and O–H groups in total. The molecular formula is C22H26N4O2S. The predicted molar refractivity (Wildman–Crippen MR) is 117 cm³/mol. The first-order valence-electron chi connectivity index (χ1n) is 9.56. The highest BCUT2D eigenvalue weighted by atomic mass is 32.2. The second kappa shape index (κ2) is 8.69. The van der Waals surface area contributed by atoms with Gasteiger partial charge in [-0.1, -0.05) is 49.9 Å². The lowest BCUT2D eigenvalue weighted by Crippen LogP contribution is -2.56. The van der Waals surface area contributed by atoms with E-state index in [2.05, 4.69) is 15.3 Å². The monoisotopic (exact) mass is 410 g/mol. The maximum Gasteiger partial charge on any atom is 0.252 e. The molecule has 0 aliphatic carbocycles. The third-order valence-electron chi connectivity index (χ3n) is 4.71. The Bertz CT molecular complexity index is 980. The topological polar surface area (TPSA) is 101 Å². The molecule has 7 heteroatoms. The van der Waals surface area contributed by atoms with E-state index in [0.29, 0.717) is 12.0 Å². The molecular weight excluding hydrogens is 384 g/mol. The van der Waals surface area contributed by atoms with Gasteiger partial charge in [0.05, 0.1) is 11.0 Å². The van der Waals surface area contributed by atoms with Gasteiger partial charge in [0.15, 0.2) is 5.16 Å². The molecule has 0 saturated heterocycles. The van der Waals surface area contributed by atoms with Crippen LogP contribution in [-0.2, 0) is 10.5 Å². The fourth-order valence-electron chi connectivity index (χ4n) is 3.25. The summed E-state index contributed by atoms with van der Waals surface area (Å²) in [6.45, 7) is 5.65. The molecule has 0 fully saturated rings. The molecule has 0 aliphatic heterocycles. The molecule has 6 nitrogen and oxygen atoms in total. The zero-order chi connectivity index (χ0) is 21.0. The van der Waals surface area contributed by atoms with Crippen molar-refractivity contribution in [1.29, 1.82) is 0 Å². The summed E-state index contributed by atoms with van der Waals surface area (Å²) in [6, 6.07) is 15.3. The zero-order valence-electron chi connectivity index (χ0n) is 16.9. The van der Waals surface area contributed by atoms with Crippen molar-refractivity contribution in [3.05, 3.63) is 59.7 Å². The van der Waals surface area contributed by atoms with E-state index in [0.717, 1.165) is 27.5 Å². The van der Waals surface area contributed by atoms with Crippen molar-refractivity contribution in [3.8, 4) is 0 Å². The lowest BCUT2D eigenvalue weighted by atomic mass is 9.89. The first kappa shape index (κ1) is 20.9. The maximum absolute atomic E-state index is 12.6. The Morgan fingerprint density at radius 3 is 2.48 bits per heavy atom. The van der Waals surface area contributed by atoms with Gasteiger partial charge in [-0.15, -0.1) is 0 Å². The number of hydrogen-bond donors (Lipinski definition) is 3. The van der Waals surface area contributed by atoms with Gasteiger partial charge in [-0.05, 0) is 49.1 Å². The molecule has 152 valence electrons. The number of nitrogens with one attached hydrogen (secondary N) is 2. The van der Waals surface area contributed by atoms with Gasteiger partial charge in [0, 0.05) is 11.3 Å². The molecule has 29 heavy (non-hydrogen) atoms. The number of primary amides is 1. The van der Waals surface area contributed by atoms with Crippen LogP contribution in [0.3, 0.4) is 0 Å². The highest BCUT2D eigenvalue weighted by molar-refractivity contribution is 7.98. The van der Waals surface area contributed by atoms with Crippen molar-refractivity contribution in [3.63, 3.8) is 0 Å². The van der Waals surface area contributed by atoms with E-state index in [1.807, 2.05) is 50.2 Å². The van der Waals surface area contributed by atoms with Crippen LogP contribution in [0.1, 0.15) is 43.1 Å². The number of imidazole rings is 1. The molecule has 0 radical (unpaired) electrons. The first-order chi connectivity index (χ1) is 13.8. The number of carbonyl (C=O) groups is 2. The van der Waals surface area contributed by atoms with Crippen LogP contribution in [0.2, 0.25) is 0 Å². The minimum Gasteiger partial charge on any atom is -0.368 e. The van der Waals surface area contributed by atoms with E-state index in [-0.39, 0.29) is 11.8 Å². The molecule has 1 unspecified atom stereocenters. The van der Waals surface area contributed by atoms with Crippen molar-refractivity contribution in [2.24, 2.45) is 11.7 Å². The number of nitrogens with two attached hydrogens (primary N) is 1. The summed E-state index contributed by atoms with van der Waals surface area (Å²) in [6.07, 6.45) is 0.486. The van der Waals surface area contributed by atoms with Crippen LogP contribution >= 0.6 is 11.8 Å². The standard InChI is InChI=1S/C22H26N4O2S/c1-14(2)12-22(3,20(23)28)26-19(27)16-10-8-15(9-11-16)13-29-21-24-17-6-4-5-7-18(17)25-21/h4-11,14H,12-13H2,1-3H3,(H2,23,28)(H,24,25)(H,26,27). The quantitative estimate of drug-likeness (QED) is 0.491. The summed E-state index contributed by atoms with van der Waals surface area (Å²) >= 11 is 1.61. The number of H-pyrrole nitrogens is 1. The molecule has 0 spiro atoms. The largest absolute Gasteiger partial charge is 0.368 e. The highest BCUT2D eigenvalue weighted by Gasteiger charge is 2.33. The second-order valence-electron chi connectivity index (χ2n) is 7.79. The minimum absolute atomic E-state index is 0.227. The molecule has 0 aliphatic rings. The molecule has 3 rings (SSSR count). The van der Waals surface area contributed by atoms with Crippen LogP contribution in [0.15, 0.2) is 53.7 Å². The van der Waals surface area contributed by atoms with Crippen LogP contribution in [0.25, 0.3) is 11.0 Å². The van der Waals surface area contributed by atoms with E-state index in [1.165, 1.54) is 0 Å². The van der Waals surface area contributed by atoms with E-state index in [1.54, 1.807) is 30.8 Å².